The van der Waals surface area contributed by atoms with Crippen LogP contribution in [0.4, 0.5) is 23.2 Å². The summed E-state index contributed by atoms with van der Waals surface area (Å²) in [6.07, 6.45) is -3.79. The highest BCUT2D eigenvalue weighted by Gasteiger charge is 2.32. The van der Waals surface area contributed by atoms with Crippen LogP contribution in [-0.2, 0) is 6.18 Å². The molecule has 0 bridgehead atoms. The Labute approximate surface area is 125 Å². The molecule has 1 amide bonds. The lowest BCUT2D eigenvalue weighted by Crippen LogP contribution is -2.15. The highest BCUT2D eigenvalue weighted by atomic mass is 79.9. The Kier molecular flexibility index (Phi) is 4.26. The van der Waals surface area contributed by atoms with Crippen molar-refractivity contribution >= 4 is 27.5 Å². The molecule has 1 heterocycles. The van der Waals surface area contributed by atoms with Gasteiger partial charge in [0.15, 0.2) is 0 Å². The van der Waals surface area contributed by atoms with Crippen molar-refractivity contribution in [3.63, 3.8) is 0 Å². The highest BCUT2D eigenvalue weighted by molar-refractivity contribution is 9.10. The summed E-state index contributed by atoms with van der Waals surface area (Å²) in [5.74, 6) is -1.42. The van der Waals surface area contributed by atoms with Crippen LogP contribution >= 0.6 is 15.9 Å². The second-order valence-electron chi connectivity index (χ2n) is 4.01. The summed E-state index contributed by atoms with van der Waals surface area (Å²) in [5.41, 5.74) is -1.29. The van der Waals surface area contributed by atoms with Gasteiger partial charge in [-0.05, 0) is 30.3 Å². The molecule has 0 saturated carbocycles. The summed E-state index contributed by atoms with van der Waals surface area (Å²) in [6, 6.07) is 5.66. The second-order valence-corrected chi connectivity index (χ2v) is 4.92. The first-order valence-electron chi connectivity index (χ1n) is 5.57. The van der Waals surface area contributed by atoms with Crippen molar-refractivity contribution in [1.82, 2.24) is 4.98 Å². The molecule has 0 radical (unpaired) electrons. The largest absolute Gasteiger partial charge is 0.433 e. The van der Waals surface area contributed by atoms with Crippen molar-refractivity contribution in [2.75, 3.05) is 5.32 Å². The van der Waals surface area contributed by atoms with Crippen molar-refractivity contribution < 1.29 is 22.4 Å². The minimum atomic E-state index is -4.58. The molecule has 0 aliphatic heterocycles. The Morgan fingerprint density at radius 2 is 1.90 bits per heavy atom. The Morgan fingerprint density at radius 1 is 1.19 bits per heavy atom. The minimum absolute atomic E-state index is 0.0805. The number of rotatable bonds is 2. The van der Waals surface area contributed by atoms with E-state index in [0.717, 1.165) is 18.3 Å². The quantitative estimate of drug-likeness (QED) is 0.811. The third-order valence-corrected chi connectivity index (χ3v) is 2.99. The van der Waals surface area contributed by atoms with Crippen LogP contribution in [0, 0.1) is 5.82 Å². The molecule has 1 aromatic heterocycles. The predicted octanol–water partition coefficient (Wildman–Crippen LogP) is 4.25. The zero-order valence-electron chi connectivity index (χ0n) is 10.2. The van der Waals surface area contributed by atoms with E-state index in [4.69, 9.17) is 0 Å². The smallest absolute Gasteiger partial charge is 0.319 e. The Balaban J connectivity index is 2.17. The number of amides is 1. The monoisotopic (exact) mass is 362 g/mol. The number of aromatic nitrogens is 1. The van der Waals surface area contributed by atoms with E-state index < -0.39 is 23.6 Å². The SMILES string of the molecule is O=C(Nc1ccc(Br)cc1F)c1ccc(C(F)(F)F)nc1. The molecule has 21 heavy (non-hydrogen) atoms. The van der Waals surface area contributed by atoms with Gasteiger partial charge < -0.3 is 5.32 Å². The third-order valence-electron chi connectivity index (χ3n) is 2.50. The normalized spacial score (nSPS) is 11.3. The van der Waals surface area contributed by atoms with E-state index in [9.17, 15) is 22.4 Å². The van der Waals surface area contributed by atoms with Crippen LogP contribution < -0.4 is 5.32 Å². The molecule has 0 atom stereocenters. The molecular formula is C13H7BrF4N2O. The summed E-state index contributed by atoms with van der Waals surface area (Å²) >= 11 is 3.06. The first kappa shape index (κ1) is 15.4. The summed E-state index contributed by atoms with van der Waals surface area (Å²) in [7, 11) is 0. The van der Waals surface area contributed by atoms with Crippen molar-refractivity contribution in [3.8, 4) is 0 Å². The maximum absolute atomic E-state index is 13.5. The van der Waals surface area contributed by atoms with Gasteiger partial charge in [0, 0.05) is 10.7 Å². The minimum Gasteiger partial charge on any atom is -0.319 e. The zero-order valence-corrected chi connectivity index (χ0v) is 11.8. The van der Waals surface area contributed by atoms with Gasteiger partial charge in [-0.15, -0.1) is 0 Å². The summed E-state index contributed by atoms with van der Waals surface area (Å²) in [5, 5.41) is 2.26. The lowest BCUT2D eigenvalue weighted by molar-refractivity contribution is -0.141. The van der Waals surface area contributed by atoms with Crippen molar-refractivity contribution in [2.24, 2.45) is 0 Å². The van der Waals surface area contributed by atoms with Crippen molar-refractivity contribution in [3.05, 3.63) is 58.1 Å². The molecule has 110 valence electrons. The molecule has 3 nitrogen and oxygen atoms in total. The van der Waals surface area contributed by atoms with Gasteiger partial charge in [0.25, 0.3) is 5.91 Å². The van der Waals surface area contributed by atoms with Crippen LogP contribution in [0.5, 0.6) is 0 Å². The van der Waals surface area contributed by atoms with Gasteiger partial charge >= 0.3 is 6.18 Å². The van der Waals surface area contributed by atoms with Gasteiger partial charge in [-0.2, -0.15) is 13.2 Å². The summed E-state index contributed by atoms with van der Waals surface area (Å²) < 4.78 is 51.1. The van der Waals surface area contributed by atoms with Gasteiger partial charge in [-0.3, -0.25) is 9.78 Å². The molecule has 0 aliphatic carbocycles. The molecular weight excluding hydrogens is 356 g/mol. The number of anilines is 1. The number of benzene rings is 1. The fourth-order valence-electron chi connectivity index (χ4n) is 1.48. The fourth-order valence-corrected chi connectivity index (χ4v) is 1.81. The maximum Gasteiger partial charge on any atom is 0.433 e. The number of carbonyl (C=O) groups excluding carboxylic acids is 1. The molecule has 0 fully saturated rings. The fraction of sp³-hybridized carbons (Fsp3) is 0.0769. The number of nitrogens with one attached hydrogen (secondary N) is 1. The van der Waals surface area contributed by atoms with E-state index in [0.29, 0.717) is 10.5 Å². The molecule has 0 unspecified atom stereocenters. The van der Waals surface area contributed by atoms with E-state index in [1.54, 1.807) is 0 Å². The molecule has 0 saturated heterocycles. The first-order valence-corrected chi connectivity index (χ1v) is 6.36. The average molecular weight is 363 g/mol. The van der Waals surface area contributed by atoms with E-state index in [2.05, 4.69) is 26.2 Å². The van der Waals surface area contributed by atoms with Crippen LogP contribution in [0.3, 0.4) is 0 Å². The number of alkyl halides is 3. The number of hydrogen-bond acceptors (Lipinski definition) is 2. The van der Waals surface area contributed by atoms with Crippen LogP contribution in [0.25, 0.3) is 0 Å². The number of pyridine rings is 1. The van der Waals surface area contributed by atoms with Crippen LogP contribution in [0.15, 0.2) is 41.0 Å². The van der Waals surface area contributed by atoms with E-state index >= 15 is 0 Å². The van der Waals surface area contributed by atoms with Crippen LogP contribution in [-0.4, -0.2) is 10.9 Å². The Morgan fingerprint density at radius 3 is 2.43 bits per heavy atom. The topological polar surface area (TPSA) is 42.0 Å². The van der Waals surface area contributed by atoms with E-state index in [-0.39, 0.29) is 11.3 Å². The van der Waals surface area contributed by atoms with E-state index in [1.165, 1.54) is 12.1 Å². The van der Waals surface area contributed by atoms with Gasteiger partial charge in [0.2, 0.25) is 0 Å². The Bertz CT molecular complexity index is 671. The number of carbonyl (C=O) groups is 1. The molecule has 1 aromatic carbocycles. The third kappa shape index (κ3) is 3.78. The van der Waals surface area contributed by atoms with Gasteiger partial charge in [-0.1, -0.05) is 15.9 Å². The van der Waals surface area contributed by atoms with Gasteiger partial charge in [-0.25, -0.2) is 4.39 Å². The average Bonchev–Trinajstić information content (AvgIpc) is 2.41. The standard InChI is InChI=1S/C13H7BrF4N2O/c14-8-2-3-10(9(15)5-8)20-12(21)7-1-4-11(19-6-7)13(16,17)18/h1-6H,(H,20,21). The Hall–Kier alpha value is -1.96. The summed E-state index contributed by atoms with van der Waals surface area (Å²) in [4.78, 5) is 15.0. The highest BCUT2D eigenvalue weighted by Crippen LogP contribution is 2.27. The predicted molar refractivity (Wildman–Crippen MR) is 71.3 cm³/mol. The zero-order chi connectivity index (χ0) is 15.6. The molecule has 2 rings (SSSR count). The lowest BCUT2D eigenvalue weighted by Gasteiger charge is -2.08. The van der Waals surface area contributed by atoms with Crippen LogP contribution in [0.2, 0.25) is 0 Å². The molecule has 8 heteroatoms. The lowest BCUT2D eigenvalue weighted by atomic mass is 10.2. The molecule has 1 N–H and O–H groups in total. The van der Waals surface area contributed by atoms with E-state index in [1.807, 2.05) is 0 Å². The van der Waals surface area contributed by atoms with Crippen molar-refractivity contribution in [1.29, 1.82) is 0 Å². The number of halogens is 5. The number of hydrogen-bond donors (Lipinski definition) is 1. The molecule has 0 aliphatic rings. The van der Waals surface area contributed by atoms with Crippen LogP contribution in [0.1, 0.15) is 16.1 Å². The van der Waals surface area contributed by atoms with Gasteiger partial charge in [0.1, 0.15) is 11.5 Å². The first-order chi connectivity index (χ1) is 9.77. The molecule has 0 spiro atoms. The van der Waals surface area contributed by atoms with Crippen molar-refractivity contribution in [2.45, 2.75) is 6.18 Å². The molecule has 2 aromatic rings. The number of nitrogens with zero attached hydrogens (tertiary/aromatic N) is 1. The maximum atomic E-state index is 13.5. The summed E-state index contributed by atoms with van der Waals surface area (Å²) in [6.45, 7) is 0. The second kappa shape index (κ2) is 5.80. The van der Waals surface area contributed by atoms with Gasteiger partial charge in [0.05, 0.1) is 11.3 Å².